The van der Waals surface area contributed by atoms with Crippen molar-refractivity contribution in [3.05, 3.63) is 57.3 Å². The second-order valence-corrected chi connectivity index (χ2v) is 6.03. The maximum absolute atomic E-state index is 12.1. The Morgan fingerprint density at radius 2 is 2.09 bits per heavy atom. The van der Waals surface area contributed by atoms with Gasteiger partial charge >= 0.3 is 0 Å². The van der Waals surface area contributed by atoms with E-state index in [4.69, 9.17) is 4.74 Å². The van der Waals surface area contributed by atoms with Crippen LogP contribution in [0.15, 0.2) is 29.1 Å². The molecular weight excluding hydrogens is 290 g/mol. The Morgan fingerprint density at radius 3 is 2.83 bits per heavy atom. The van der Waals surface area contributed by atoms with Crippen molar-refractivity contribution in [3.63, 3.8) is 0 Å². The number of hydrogen-bond donors (Lipinski definition) is 1. The highest BCUT2D eigenvalue weighted by atomic mass is 16.5. The molecule has 0 radical (unpaired) electrons. The van der Waals surface area contributed by atoms with Crippen LogP contribution in [0.25, 0.3) is 0 Å². The fraction of sp³-hybridized carbons (Fsp3) is 0.444. The van der Waals surface area contributed by atoms with Crippen LogP contribution in [0.3, 0.4) is 0 Å². The van der Waals surface area contributed by atoms with Crippen LogP contribution in [-0.2, 0) is 19.5 Å². The fourth-order valence-electron chi connectivity index (χ4n) is 2.91. The predicted molar refractivity (Wildman–Crippen MR) is 89.6 cm³/mol. The van der Waals surface area contributed by atoms with E-state index in [1.54, 1.807) is 0 Å². The molecule has 0 aliphatic carbocycles. The number of rotatable bonds is 5. The third kappa shape index (κ3) is 3.79. The molecule has 5 heteroatoms. The Kier molecular flexibility index (Phi) is 4.76. The summed E-state index contributed by atoms with van der Waals surface area (Å²) in [4.78, 5) is 21.6. The van der Waals surface area contributed by atoms with E-state index in [1.807, 2.05) is 19.1 Å². The van der Waals surface area contributed by atoms with Crippen molar-refractivity contribution in [1.29, 1.82) is 0 Å². The largest absolute Gasteiger partial charge is 0.494 e. The number of benzene rings is 1. The highest BCUT2D eigenvalue weighted by molar-refractivity contribution is 5.28. The molecule has 0 fully saturated rings. The lowest BCUT2D eigenvalue weighted by molar-refractivity contribution is 0.241. The monoisotopic (exact) mass is 313 g/mol. The first kappa shape index (κ1) is 15.7. The highest BCUT2D eigenvalue weighted by Gasteiger charge is 2.20. The highest BCUT2D eigenvalue weighted by Crippen LogP contribution is 2.18. The van der Waals surface area contributed by atoms with E-state index in [0.29, 0.717) is 12.4 Å². The molecule has 2 heterocycles. The van der Waals surface area contributed by atoms with Gasteiger partial charge in [-0.2, -0.15) is 0 Å². The molecule has 0 atom stereocenters. The summed E-state index contributed by atoms with van der Waals surface area (Å²) in [6.07, 6.45) is 1.84. The lowest BCUT2D eigenvalue weighted by Gasteiger charge is -2.27. The van der Waals surface area contributed by atoms with E-state index in [1.165, 1.54) is 5.56 Å². The number of aryl methyl sites for hydroxylation is 1. The quantitative estimate of drug-likeness (QED) is 0.921. The number of nitrogens with one attached hydrogen (secondary N) is 1. The summed E-state index contributed by atoms with van der Waals surface area (Å²) in [7, 11) is 0. The third-order valence-corrected chi connectivity index (χ3v) is 4.07. The van der Waals surface area contributed by atoms with E-state index in [-0.39, 0.29) is 5.56 Å². The number of ether oxygens (including phenoxy) is 1. The second-order valence-electron chi connectivity index (χ2n) is 6.03. The molecule has 1 aromatic heterocycles. The van der Waals surface area contributed by atoms with E-state index >= 15 is 0 Å². The first-order valence-electron chi connectivity index (χ1n) is 8.18. The summed E-state index contributed by atoms with van der Waals surface area (Å²) < 4.78 is 5.61. The maximum atomic E-state index is 12.1. The summed E-state index contributed by atoms with van der Waals surface area (Å²) in [5.74, 6) is 1.61. The van der Waals surface area contributed by atoms with Crippen molar-refractivity contribution < 1.29 is 4.74 Å². The Labute approximate surface area is 136 Å². The van der Waals surface area contributed by atoms with Gasteiger partial charge in [0.2, 0.25) is 0 Å². The summed E-state index contributed by atoms with van der Waals surface area (Å²) in [5, 5.41) is 0. The van der Waals surface area contributed by atoms with Crippen molar-refractivity contribution in [2.45, 2.75) is 39.8 Å². The SMILES string of the molecule is CCCOc1ccc(CN2CCc3nc(C)[nH]c(=O)c3C2)cc1. The maximum Gasteiger partial charge on any atom is 0.255 e. The molecule has 0 saturated carbocycles. The van der Waals surface area contributed by atoms with E-state index in [2.05, 4.69) is 33.9 Å². The number of H-pyrrole nitrogens is 1. The van der Waals surface area contributed by atoms with Gasteiger partial charge in [-0.3, -0.25) is 9.69 Å². The Bertz CT molecular complexity index is 722. The lowest BCUT2D eigenvalue weighted by atomic mass is 10.1. The van der Waals surface area contributed by atoms with Gasteiger partial charge in [0.15, 0.2) is 0 Å². The molecule has 1 aromatic carbocycles. The molecule has 1 aliphatic rings. The van der Waals surface area contributed by atoms with Gasteiger partial charge in [-0.15, -0.1) is 0 Å². The van der Waals surface area contributed by atoms with Crippen LogP contribution in [0, 0.1) is 6.92 Å². The van der Waals surface area contributed by atoms with Crippen LogP contribution in [0.2, 0.25) is 0 Å². The lowest BCUT2D eigenvalue weighted by Crippen LogP contribution is -2.35. The number of hydrogen-bond acceptors (Lipinski definition) is 4. The summed E-state index contributed by atoms with van der Waals surface area (Å²) in [5.41, 5.74) is 2.99. The van der Waals surface area contributed by atoms with Gasteiger partial charge in [0.25, 0.3) is 5.56 Å². The molecule has 0 saturated heterocycles. The molecule has 0 amide bonds. The first-order chi connectivity index (χ1) is 11.2. The summed E-state index contributed by atoms with van der Waals surface area (Å²) in [6.45, 7) is 7.10. The van der Waals surface area contributed by atoms with Crippen molar-refractivity contribution in [1.82, 2.24) is 14.9 Å². The van der Waals surface area contributed by atoms with Gasteiger partial charge in [0.1, 0.15) is 11.6 Å². The average Bonchev–Trinajstić information content (AvgIpc) is 2.55. The van der Waals surface area contributed by atoms with Gasteiger partial charge < -0.3 is 9.72 Å². The Morgan fingerprint density at radius 1 is 1.30 bits per heavy atom. The first-order valence-corrected chi connectivity index (χ1v) is 8.18. The number of aromatic nitrogens is 2. The smallest absolute Gasteiger partial charge is 0.255 e. The van der Waals surface area contributed by atoms with Gasteiger partial charge in [-0.1, -0.05) is 19.1 Å². The summed E-state index contributed by atoms with van der Waals surface area (Å²) >= 11 is 0. The predicted octanol–water partition coefficient (Wildman–Crippen LogP) is 2.43. The third-order valence-electron chi connectivity index (χ3n) is 4.07. The molecule has 1 N–H and O–H groups in total. The molecule has 0 spiro atoms. The van der Waals surface area contributed by atoms with E-state index in [9.17, 15) is 4.79 Å². The van der Waals surface area contributed by atoms with Crippen molar-refractivity contribution in [2.24, 2.45) is 0 Å². The summed E-state index contributed by atoms with van der Waals surface area (Å²) in [6, 6.07) is 8.22. The van der Waals surface area contributed by atoms with Gasteiger partial charge in [0, 0.05) is 26.1 Å². The molecule has 5 nitrogen and oxygen atoms in total. The number of fused-ring (bicyclic) bond motifs is 1. The number of nitrogens with zero attached hydrogens (tertiary/aromatic N) is 2. The van der Waals surface area contributed by atoms with Crippen molar-refractivity contribution >= 4 is 0 Å². The number of aromatic amines is 1. The minimum absolute atomic E-state index is 0.000476. The standard InChI is InChI=1S/C18H23N3O2/c1-3-10-23-15-6-4-14(5-7-15)11-21-9-8-17-16(12-21)18(22)20-13(2)19-17/h4-7H,3,8-12H2,1-2H3,(H,19,20,22). The minimum atomic E-state index is 0.000476. The second kappa shape index (κ2) is 6.96. The van der Waals surface area contributed by atoms with Crippen molar-refractivity contribution in [2.75, 3.05) is 13.2 Å². The van der Waals surface area contributed by atoms with Crippen LogP contribution in [0.5, 0.6) is 5.75 Å². The molecule has 23 heavy (non-hydrogen) atoms. The molecule has 1 aliphatic heterocycles. The Hall–Kier alpha value is -2.14. The van der Waals surface area contributed by atoms with E-state index in [0.717, 1.165) is 49.5 Å². The van der Waals surface area contributed by atoms with Crippen LogP contribution < -0.4 is 10.3 Å². The average molecular weight is 313 g/mol. The molecule has 0 unspecified atom stereocenters. The van der Waals surface area contributed by atoms with Gasteiger partial charge in [-0.25, -0.2) is 4.98 Å². The van der Waals surface area contributed by atoms with Gasteiger partial charge in [-0.05, 0) is 31.0 Å². The van der Waals surface area contributed by atoms with Gasteiger partial charge in [0.05, 0.1) is 17.9 Å². The van der Waals surface area contributed by atoms with Crippen LogP contribution >= 0.6 is 0 Å². The zero-order valence-corrected chi connectivity index (χ0v) is 13.8. The minimum Gasteiger partial charge on any atom is -0.494 e. The normalized spacial score (nSPS) is 14.5. The topological polar surface area (TPSA) is 58.2 Å². The van der Waals surface area contributed by atoms with Crippen LogP contribution in [-0.4, -0.2) is 28.0 Å². The van der Waals surface area contributed by atoms with Crippen LogP contribution in [0.1, 0.15) is 36.0 Å². The Balaban J connectivity index is 1.66. The molecule has 0 bridgehead atoms. The van der Waals surface area contributed by atoms with Crippen LogP contribution in [0.4, 0.5) is 0 Å². The molecule has 2 aromatic rings. The zero-order valence-electron chi connectivity index (χ0n) is 13.8. The fourth-order valence-corrected chi connectivity index (χ4v) is 2.91. The van der Waals surface area contributed by atoms with Crippen molar-refractivity contribution in [3.8, 4) is 5.75 Å². The van der Waals surface area contributed by atoms with E-state index < -0.39 is 0 Å². The molecule has 3 rings (SSSR count). The molecule has 122 valence electrons. The zero-order chi connectivity index (χ0) is 16.2. The molecular formula is C18H23N3O2.